The van der Waals surface area contributed by atoms with Gasteiger partial charge in [0.2, 0.25) is 5.91 Å². The predicted octanol–water partition coefficient (Wildman–Crippen LogP) is 1.06. The topological polar surface area (TPSA) is 70.7 Å². The molecule has 3 fully saturated rings. The molecule has 24 heavy (non-hydrogen) atoms. The van der Waals surface area contributed by atoms with Crippen LogP contribution in [0.4, 0.5) is 5.69 Å². The second kappa shape index (κ2) is 6.09. The van der Waals surface area contributed by atoms with Crippen LogP contribution in [0.25, 0.3) is 0 Å². The first-order valence-corrected chi connectivity index (χ1v) is 8.70. The van der Waals surface area contributed by atoms with Crippen molar-refractivity contribution in [2.45, 2.75) is 31.8 Å². The van der Waals surface area contributed by atoms with Crippen molar-refractivity contribution in [2.24, 2.45) is 5.41 Å². The third kappa shape index (κ3) is 2.98. The summed E-state index contributed by atoms with van der Waals surface area (Å²) in [5.41, 5.74) is 1.75. The van der Waals surface area contributed by atoms with Gasteiger partial charge in [-0.05, 0) is 42.5 Å². The van der Waals surface area contributed by atoms with Crippen molar-refractivity contribution in [3.8, 4) is 5.75 Å². The number of ether oxygens (including phenoxy) is 1. The van der Waals surface area contributed by atoms with E-state index in [1.54, 1.807) is 0 Å². The Hall–Kier alpha value is -2.08. The number of benzene rings is 1. The Morgan fingerprint density at radius 1 is 1.08 bits per heavy atom. The largest absolute Gasteiger partial charge is 0.481 e. The van der Waals surface area contributed by atoms with Gasteiger partial charge in [-0.1, -0.05) is 0 Å². The van der Waals surface area contributed by atoms with Crippen molar-refractivity contribution in [3.63, 3.8) is 0 Å². The van der Waals surface area contributed by atoms with Crippen LogP contribution in [0.15, 0.2) is 24.3 Å². The fraction of sp³-hybridized carbons (Fsp3) is 0.556. The van der Waals surface area contributed by atoms with Gasteiger partial charge in [-0.25, -0.2) is 0 Å². The summed E-state index contributed by atoms with van der Waals surface area (Å²) in [6.07, 6.45) is 2.69. The Labute approximate surface area is 141 Å². The third-order valence-electron chi connectivity index (χ3n) is 5.49. The van der Waals surface area contributed by atoms with E-state index >= 15 is 0 Å². The molecular weight excluding hydrogens is 306 g/mol. The molecular formula is C18H23N3O3. The van der Waals surface area contributed by atoms with Crippen molar-refractivity contribution in [3.05, 3.63) is 24.3 Å². The lowest BCUT2D eigenvalue weighted by Gasteiger charge is -2.49. The summed E-state index contributed by atoms with van der Waals surface area (Å²) in [4.78, 5) is 25.3. The van der Waals surface area contributed by atoms with E-state index in [0.29, 0.717) is 24.0 Å². The number of hydrogen-bond acceptors (Lipinski definition) is 5. The Morgan fingerprint density at radius 2 is 1.79 bits per heavy atom. The van der Waals surface area contributed by atoms with E-state index in [4.69, 9.17) is 4.74 Å². The number of nitrogens with zero attached hydrogens (tertiary/aromatic N) is 1. The number of carbonyl (C=O) groups excluding carboxylic acids is 2. The molecule has 3 aliphatic heterocycles. The van der Waals surface area contributed by atoms with Crippen LogP contribution in [0.3, 0.4) is 0 Å². The summed E-state index contributed by atoms with van der Waals surface area (Å²) >= 11 is 0. The molecule has 0 bridgehead atoms. The average molecular weight is 329 g/mol. The fourth-order valence-corrected chi connectivity index (χ4v) is 3.76. The van der Waals surface area contributed by atoms with Crippen molar-refractivity contribution in [1.82, 2.24) is 10.6 Å². The molecule has 128 valence electrons. The van der Waals surface area contributed by atoms with Crippen LogP contribution in [0.2, 0.25) is 0 Å². The summed E-state index contributed by atoms with van der Waals surface area (Å²) in [6, 6.07) is 7.93. The van der Waals surface area contributed by atoms with Crippen LogP contribution in [0, 0.1) is 5.41 Å². The van der Waals surface area contributed by atoms with Crippen molar-refractivity contribution in [1.29, 1.82) is 0 Å². The van der Waals surface area contributed by atoms with Gasteiger partial charge in [-0.3, -0.25) is 14.9 Å². The second-order valence-electron chi connectivity index (χ2n) is 7.14. The number of nitrogens with one attached hydrogen (secondary N) is 2. The smallest absolute Gasteiger partial charge is 0.267 e. The van der Waals surface area contributed by atoms with Crippen molar-refractivity contribution < 1.29 is 14.3 Å². The Balaban J connectivity index is 1.35. The Kier molecular flexibility index (Phi) is 3.92. The maximum atomic E-state index is 11.7. The van der Waals surface area contributed by atoms with Crippen molar-refractivity contribution >= 4 is 17.5 Å². The number of imide groups is 1. The first-order chi connectivity index (χ1) is 11.6. The molecule has 1 spiro atoms. The van der Waals surface area contributed by atoms with Gasteiger partial charge in [-0.15, -0.1) is 0 Å². The van der Waals surface area contributed by atoms with Crippen LogP contribution >= 0.6 is 0 Å². The Bertz CT molecular complexity index is 629. The van der Waals surface area contributed by atoms with Gasteiger partial charge < -0.3 is 15.0 Å². The summed E-state index contributed by atoms with van der Waals surface area (Å²) in [6.45, 7) is 4.52. The molecule has 1 unspecified atom stereocenters. The number of piperidine rings is 2. The molecule has 3 aliphatic rings. The van der Waals surface area contributed by atoms with Crippen LogP contribution in [0.5, 0.6) is 5.75 Å². The van der Waals surface area contributed by atoms with Crippen LogP contribution in [-0.2, 0) is 9.59 Å². The lowest BCUT2D eigenvalue weighted by Crippen LogP contribution is -2.58. The number of rotatable bonds is 3. The molecule has 2 N–H and O–H groups in total. The van der Waals surface area contributed by atoms with Gasteiger partial charge in [0.1, 0.15) is 5.75 Å². The number of carbonyl (C=O) groups is 2. The highest BCUT2D eigenvalue weighted by Gasteiger charge is 2.39. The van der Waals surface area contributed by atoms with E-state index < -0.39 is 6.10 Å². The number of anilines is 1. The van der Waals surface area contributed by atoms with Crippen molar-refractivity contribution in [2.75, 3.05) is 31.1 Å². The summed E-state index contributed by atoms with van der Waals surface area (Å²) in [5, 5.41) is 5.71. The van der Waals surface area contributed by atoms with E-state index in [1.165, 1.54) is 31.6 Å². The zero-order chi connectivity index (χ0) is 16.6. The zero-order valence-corrected chi connectivity index (χ0v) is 13.7. The van der Waals surface area contributed by atoms with Gasteiger partial charge in [-0.2, -0.15) is 0 Å². The fourth-order valence-electron chi connectivity index (χ4n) is 3.76. The molecule has 3 saturated heterocycles. The quantitative estimate of drug-likeness (QED) is 0.812. The normalized spacial score (nSPS) is 26.0. The number of hydrogen-bond donors (Lipinski definition) is 2. The van der Waals surface area contributed by atoms with E-state index in [-0.39, 0.29) is 11.8 Å². The van der Waals surface area contributed by atoms with Gasteiger partial charge in [0.25, 0.3) is 5.91 Å². The van der Waals surface area contributed by atoms with Gasteiger partial charge in [0, 0.05) is 44.7 Å². The molecule has 1 atom stereocenters. The molecule has 2 amide bonds. The minimum absolute atomic E-state index is 0.222. The van der Waals surface area contributed by atoms with E-state index in [1.807, 2.05) is 12.1 Å². The maximum absolute atomic E-state index is 11.7. The molecule has 0 aliphatic carbocycles. The van der Waals surface area contributed by atoms with Crippen LogP contribution in [-0.4, -0.2) is 44.1 Å². The molecule has 3 heterocycles. The van der Waals surface area contributed by atoms with Crippen LogP contribution in [0.1, 0.15) is 25.7 Å². The average Bonchev–Trinajstić information content (AvgIpc) is 2.57. The predicted molar refractivity (Wildman–Crippen MR) is 90.0 cm³/mol. The highest BCUT2D eigenvalue weighted by molar-refractivity contribution is 5.99. The minimum Gasteiger partial charge on any atom is -0.481 e. The standard InChI is InChI=1S/C18H23N3O3/c22-16-6-5-15(17(23)20-16)24-14-3-1-13(2-4-14)21-9-7-18(8-10-21)11-19-12-18/h1-4,15,19H,5-12H2,(H,20,22,23). The maximum Gasteiger partial charge on any atom is 0.267 e. The molecule has 6 nitrogen and oxygen atoms in total. The lowest BCUT2D eigenvalue weighted by molar-refractivity contribution is -0.138. The molecule has 1 aromatic carbocycles. The van der Waals surface area contributed by atoms with E-state index in [0.717, 1.165) is 13.1 Å². The third-order valence-corrected chi connectivity index (χ3v) is 5.49. The van der Waals surface area contributed by atoms with E-state index in [2.05, 4.69) is 27.7 Å². The zero-order valence-electron chi connectivity index (χ0n) is 13.7. The monoisotopic (exact) mass is 329 g/mol. The van der Waals surface area contributed by atoms with Gasteiger partial charge in [0.05, 0.1) is 0 Å². The van der Waals surface area contributed by atoms with Gasteiger partial charge in [0.15, 0.2) is 6.10 Å². The molecule has 0 saturated carbocycles. The number of amides is 2. The minimum atomic E-state index is -0.575. The highest BCUT2D eigenvalue weighted by Crippen LogP contribution is 2.36. The lowest BCUT2D eigenvalue weighted by atomic mass is 9.73. The van der Waals surface area contributed by atoms with E-state index in [9.17, 15) is 9.59 Å². The highest BCUT2D eigenvalue weighted by atomic mass is 16.5. The molecule has 1 aromatic rings. The first-order valence-electron chi connectivity index (χ1n) is 8.70. The summed E-state index contributed by atoms with van der Waals surface area (Å²) in [7, 11) is 0. The first kappa shape index (κ1) is 15.4. The van der Waals surface area contributed by atoms with Gasteiger partial charge >= 0.3 is 0 Å². The second-order valence-corrected chi connectivity index (χ2v) is 7.14. The molecule has 4 rings (SSSR count). The molecule has 0 radical (unpaired) electrons. The molecule has 0 aromatic heterocycles. The molecule has 6 heteroatoms. The SMILES string of the molecule is O=C1CCC(Oc2ccc(N3CCC4(CC3)CNC4)cc2)C(=O)N1. The summed E-state index contributed by atoms with van der Waals surface area (Å²) in [5.74, 6) is 0.107. The van der Waals surface area contributed by atoms with Crippen LogP contribution < -0.4 is 20.3 Å². The summed E-state index contributed by atoms with van der Waals surface area (Å²) < 4.78 is 5.73. The Morgan fingerprint density at radius 3 is 2.38 bits per heavy atom.